The molecular weight excluding hydrogens is 260 g/mol. The molecule has 0 aromatic heterocycles. The van der Waals surface area contributed by atoms with Crippen molar-refractivity contribution >= 4 is 11.4 Å². The highest BCUT2D eigenvalue weighted by Crippen LogP contribution is 2.40. The topological polar surface area (TPSA) is 61.3 Å². The summed E-state index contributed by atoms with van der Waals surface area (Å²) in [6.45, 7) is 0. The van der Waals surface area contributed by atoms with E-state index in [0.717, 1.165) is 16.9 Å². The van der Waals surface area contributed by atoms with Crippen LogP contribution in [0.4, 0.5) is 11.4 Å². The van der Waals surface area contributed by atoms with Gasteiger partial charge in [-0.2, -0.15) is 0 Å². The predicted octanol–water partition coefficient (Wildman–Crippen LogP) is 4.31. The van der Waals surface area contributed by atoms with E-state index >= 15 is 0 Å². The van der Waals surface area contributed by atoms with E-state index in [1.54, 1.807) is 6.07 Å². The first-order valence-electron chi connectivity index (χ1n) is 6.72. The minimum Gasteiger partial charge on any atom is -0.454 e. The Labute approximate surface area is 123 Å². The van der Waals surface area contributed by atoms with Crippen molar-refractivity contribution < 1.29 is 4.74 Å². The predicted molar refractivity (Wildman–Crippen MR) is 87.2 cm³/mol. The van der Waals surface area contributed by atoms with Gasteiger partial charge in [0, 0.05) is 5.56 Å². The summed E-state index contributed by atoms with van der Waals surface area (Å²) in [6.07, 6.45) is 0. The van der Waals surface area contributed by atoms with Crippen molar-refractivity contribution in [1.82, 2.24) is 0 Å². The van der Waals surface area contributed by atoms with Crippen molar-refractivity contribution in [3.05, 3.63) is 72.8 Å². The van der Waals surface area contributed by atoms with E-state index < -0.39 is 0 Å². The number of hydrogen-bond acceptors (Lipinski definition) is 3. The van der Waals surface area contributed by atoms with Gasteiger partial charge in [0.15, 0.2) is 5.75 Å². The molecule has 0 aliphatic heterocycles. The molecule has 0 fully saturated rings. The van der Waals surface area contributed by atoms with E-state index in [2.05, 4.69) is 0 Å². The largest absolute Gasteiger partial charge is 0.454 e. The molecule has 3 aromatic rings. The summed E-state index contributed by atoms with van der Waals surface area (Å²) in [7, 11) is 0. The SMILES string of the molecule is Nc1ccc(-c2ccccc2)c(Oc2ccccc2)c1N. The van der Waals surface area contributed by atoms with Gasteiger partial charge in [0.25, 0.3) is 0 Å². The van der Waals surface area contributed by atoms with Crippen molar-refractivity contribution in [2.75, 3.05) is 11.5 Å². The van der Waals surface area contributed by atoms with E-state index in [1.165, 1.54) is 0 Å². The number of rotatable bonds is 3. The summed E-state index contributed by atoms with van der Waals surface area (Å²) in [5, 5.41) is 0. The molecular formula is C18H16N2O. The molecule has 0 spiro atoms. The zero-order chi connectivity index (χ0) is 14.7. The average Bonchev–Trinajstić information content (AvgIpc) is 2.54. The average molecular weight is 276 g/mol. The van der Waals surface area contributed by atoms with Gasteiger partial charge in [0.2, 0.25) is 0 Å². The fraction of sp³-hybridized carbons (Fsp3) is 0. The second-order valence-corrected chi connectivity index (χ2v) is 4.73. The van der Waals surface area contributed by atoms with E-state index in [1.807, 2.05) is 66.7 Å². The lowest BCUT2D eigenvalue weighted by molar-refractivity contribution is 0.487. The second kappa shape index (κ2) is 5.59. The number of anilines is 2. The minimum absolute atomic E-state index is 0.459. The van der Waals surface area contributed by atoms with Crippen LogP contribution < -0.4 is 16.2 Å². The fourth-order valence-corrected chi connectivity index (χ4v) is 2.18. The van der Waals surface area contributed by atoms with Crippen LogP contribution in [0.15, 0.2) is 72.8 Å². The molecule has 0 atom stereocenters. The van der Waals surface area contributed by atoms with Crippen LogP contribution >= 0.6 is 0 Å². The molecule has 4 N–H and O–H groups in total. The molecule has 21 heavy (non-hydrogen) atoms. The monoisotopic (exact) mass is 276 g/mol. The number of nitrogens with two attached hydrogens (primary N) is 2. The molecule has 0 aliphatic rings. The summed E-state index contributed by atoms with van der Waals surface area (Å²) in [4.78, 5) is 0. The highest BCUT2D eigenvalue weighted by atomic mass is 16.5. The van der Waals surface area contributed by atoms with E-state index in [0.29, 0.717) is 17.1 Å². The van der Waals surface area contributed by atoms with Gasteiger partial charge in [-0.05, 0) is 29.8 Å². The summed E-state index contributed by atoms with van der Waals surface area (Å²) >= 11 is 0. The summed E-state index contributed by atoms with van der Waals surface area (Å²) in [6, 6.07) is 23.2. The molecule has 104 valence electrons. The van der Waals surface area contributed by atoms with Gasteiger partial charge in [-0.1, -0.05) is 48.5 Å². The summed E-state index contributed by atoms with van der Waals surface area (Å²) in [5.74, 6) is 1.32. The van der Waals surface area contributed by atoms with Gasteiger partial charge < -0.3 is 16.2 Å². The lowest BCUT2D eigenvalue weighted by atomic mass is 10.0. The maximum absolute atomic E-state index is 6.12. The standard InChI is InChI=1S/C18H16N2O/c19-16-12-11-15(13-7-3-1-4-8-13)18(17(16)20)21-14-9-5-2-6-10-14/h1-12H,19-20H2. The molecule has 0 saturated heterocycles. The number of hydrogen-bond donors (Lipinski definition) is 2. The molecule has 3 rings (SSSR count). The molecule has 0 saturated carbocycles. The maximum Gasteiger partial charge on any atom is 0.160 e. The van der Waals surface area contributed by atoms with E-state index in [-0.39, 0.29) is 0 Å². The van der Waals surface area contributed by atoms with Crippen LogP contribution in [0.2, 0.25) is 0 Å². The Bertz CT molecular complexity index is 740. The van der Waals surface area contributed by atoms with Crippen molar-refractivity contribution in [3.63, 3.8) is 0 Å². The molecule has 0 unspecified atom stereocenters. The molecule has 3 aromatic carbocycles. The van der Waals surface area contributed by atoms with Crippen LogP contribution in [0.3, 0.4) is 0 Å². The first-order chi connectivity index (χ1) is 10.3. The van der Waals surface area contributed by atoms with Crippen molar-refractivity contribution in [1.29, 1.82) is 0 Å². The van der Waals surface area contributed by atoms with Gasteiger partial charge >= 0.3 is 0 Å². The van der Waals surface area contributed by atoms with Crippen molar-refractivity contribution in [2.45, 2.75) is 0 Å². The number of para-hydroxylation sites is 1. The lowest BCUT2D eigenvalue weighted by Gasteiger charge is -2.15. The van der Waals surface area contributed by atoms with E-state index in [4.69, 9.17) is 16.2 Å². The Balaban J connectivity index is 2.11. The second-order valence-electron chi connectivity index (χ2n) is 4.73. The third kappa shape index (κ3) is 2.67. The molecule has 3 nitrogen and oxygen atoms in total. The number of benzene rings is 3. The van der Waals surface area contributed by atoms with Crippen LogP contribution in [0.25, 0.3) is 11.1 Å². The quantitative estimate of drug-likeness (QED) is 0.701. The first-order valence-corrected chi connectivity index (χ1v) is 6.72. The van der Waals surface area contributed by atoms with Crippen molar-refractivity contribution in [3.8, 4) is 22.6 Å². The third-order valence-corrected chi connectivity index (χ3v) is 3.28. The molecule has 0 amide bonds. The highest BCUT2D eigenvalue weighted by molar-refractivity contribution is 5.84. The van der Waals surface area contributed by atoms with Gasteiger partial charge in [0.05, 0.1) is 11.4 Å². The van der Waals surface area contributed by atoms with Crippen molar-refractivity contribution in [2.24, 2.45) is 0 Å². The number of ether oxygens (including phenoxy) is 1. The Kier molecular flexibility index (Phi) is 3.48. The van der Waals surface area contributed by atoms with Gasteiger partial charge in [-0.15, -0.1) is 0 Å². The summed E-state index contributed by atoms with van der Waals surface area (Å²) < 4.78 is 5.97. The normalized spacial score (nSPS) is 10.3. The Morgan fingerprint density at radius 3 is 1.95 bits per heavy atom. The minimum atomic E-state index is 0.459. The number of nitrogen functional groups attached to an aromatic ring is 2. The first kappa shape index (κ1) is 13.1. The molecule has 3 heteroatoms. The highest BCUT2D eigenvalue weighted by Gasteiger charge is 2.13. The Morgan fingerprint density at radius 1 is 0.667 bits per heavy atom. The molecule has 0 radical (unpaired) electrons. The van der Waals surface area contributed by atoms with Gasteiger partial charge in [0.1, 0.15) is 5.75 Å². The lowest BCUT2D eigenvalue weighted by Crippen LogP contribution is -1.99. The molecule has 0 bridgehead atoms. The maximum atomic E-state index is 6.12. The summed E-state index contributed by atoms with van der Waals surface area (Å²) in [5.41, 5.74) is 15.0. The van der Waals surface area contributed by atoms with Crippen LogP contribution in [-0.2, 0) is 0 Å². The van der Waals surface area contributed by atoms with Crippen LogP contribution in [0.1, 0.15) is 0 Å². The van der Waals surface area contributed by atoms with E-state index in [9.17, 15) is 0 Å². The Hall–Kier alpha value is -2.94. The van der Waals surface area contributed by atoms with Gasteiger partial charge in [-0.25, -0.2) is 0 Å². The van der Waals surface area contributed by atoms with Crippen LogP contribution in [0.5, 0.6) is 11.5 Å². The molecule has 0 heterocycles. The molecule has 0 aliphatic carbocycles. The Morgan fingerprint density at radius 2 is 1.29 bits per heavy atom. The van der Waals surface area contributed by atoms with Crippen LogP contribution in [-0.4, -0.2) is 0 Å². The smallest absolute Gasteiger partial charge is 0.160 e. The fourth-order valence-electron chi connectivity index (χ4n) is 2.18. The van der Waals surface area contributed by atoms with Crippen LogP contribution in [0, 0.1) is 0 Å². The zero-order valence-electron chi connectivity index (χ0n) is 11.5. The van der Waals surface area contributed by atoms with Gasteiger partial charge in [-0.3, -0.25) is 0 Å². The zero-order valence-corrected chi connectivity index (χ0v) is 11.5. The third-order valence-electron chi connectivity index (χ3n) is 3.28.